The number of rotatable bonds is 10. The number of ether oxygens (including phenoxy) is 5. The van der Waals surface area contributed by atoms with Gasteiger partial charge in [-0.2, -0.15) is 0 Å². The van der Waals surface area contributed by atoms with E-state index in [2.05, 4.69) is 48.5 Å². The lowest BCUT2D eigenvalue weighted by Gasteiger charge is -2.10. The zero-order valence-corrected chi connectivity index (χ0v) is 19.3. The highest BCUT2D eigenvalue weighted by Crippen LogP contribution is 2.29. The van der Waals surface area contributed by atoms with Gasteiger partial charge in [0.05, 0.1) is 13.2 Å². The minimum absolute atomic E-state index is 0.262. The molecule has 0 aromatic heterocycles. The lowest BCUT2D eigenvalue weighted by molar-refractivity contribution is 0.263. The zero-order chi connectivity index (χ0) is 23.5. The Morgan fingerprint density at radius 3 is 1.03 bits per heavy atom. The molecular weight excluding hydrogens is 440 g/mol. The summed E-state index contributed by atoms with van der Waals surface area (Å²) in [5, 5.41) is 0. The molecule has 5 heteroatoms. The fourth-order valence-corrected chi connectivity index (χ4v) is 3.76. The summed E-state index contributed by atoms with van der Waals surface area (Å²) in [6.45, 7) is 2.84. The van der Waals surface area contributed by atoms with E-state index in [-0.39, 0.29) is 12.2 Å². The van der Waals surface area contributed by atoms with Crippen LogP contribution < -0.4 is 14.2 Å². The van der Waals surface area contributed by atoms with Gasteiger partial charge in [0.2, 0.25) is 0 Å². The Hall–Kier alpha value is -3.80. The van der Waals surface area contributed by atoms with Crippen LogP contribution in [0.4, 0.5) is 0 Å². The number of epoxide rings is 2. The van der Waals surface area contributed by atoms with Crippen LogP contribution in [0.1, 0.15) is 0 Å². The quantitative estimate of drug-likeness (QED) is 0.254. The van der Waals surface area contributed by atoms with Gasteiger partial charge in [0.25, 0.3) is 0 Å². The van der Waals surface area contributed by atoms with Crippen molar-refractivity contribution in [3.63, 3.8) is 0 Å². The molecule has 35 heavy (non-hydrogen) atoms. The van der Waals surface area contributed by atoms with Crippen LogP contribution in [-0.4, -0.2) is 38.6 Å². The van der Waals surface area contributed by atoms with Crippen LogP contribution in [-0.2, 0) is 9.47 Å². The van der Waals surface area contributed by atoms with E-state index in [4.69, 9.17) is 23.7 Å². The summed E-state index contributed by atoms with van der Waals surface area (Å²) in [7, 11) is 0. The van der Waals surface area contributed by atoms with Crippen LogP contribution in [0.25, 0.3) is 22.3 Å². The molecule has 2 heterocycles. The van der Waals surface area contributed by atoms with Gasteiger partial charge in [-0.1, -0.05) is 48.5 Å². The van der Waals surface area contributed by atoms with E-state index in [0.717, 1.165) is 58.5 Å². The van der Waals surface area contributed by atoms with Crippen LogP contribution in [0.3, 0.4) is 0 Å². The highest BCUT2D eigenvalue weighted by atomic mass is 16.6. The molecule has 0 N–H and O–H groups in total. The van der Waals surface area contributed by atoms with Crippen LogP contribution in [0.2, 0.25) is 0 Å². The van der Waals surface area contributed by atoms with Gasteiger partial charge in [-0.3, -0.25) is 0 Å². The maximum Gasteiger partial charge on any atom is 0.127 e. The third kappa shape index (κ3) is 5.83. The summed E-state index contributed by atoms with van der Waals surface area (Å²) < 4.78 is 27.8. The molecule has 6 rings (SSSR count). The predicted molar refractivity (Wildman–Crippen MR) is 134 cm³/mol. The molecule has 2 saturated heterocycles. The molecule has 2 atom stereocenters. The molecule has 0 radical (unpaired) electrons. The van der Waals surface area contributed by atoms with Crippen molar-refractivity contribution >= 4 is 0 Å². The average molecular weight is 467 g/mol. The third-order valence-electron chi connectivity index (χ3n) is 6.00. The van der Waals surface area contributed by atoms with Crippen molar-refractivity contribution in [3.8, 4) is 45.3 Å². The first-order valence-electron chi connectivity index (χ1n) is 11.9. The number of hydrogen-bond acceptors (Lipinski definition) is 5. The lowest BCUT2D eigenvalue weighted by Crippen LogP contribution is -2.03. The molecule has 2 unspecified atom stereocenters. The van der Waals surface area contributed by atoms with E-state index in [1.54, 1.807) is 0 Å². The largest absolute Gasteiger partial charge is 0.491 e. The van der Waals surface area contributed by atoms with Gasteiger partial charge in [-0.15, -0.1) is 0 Å². The van der Waals surface area contributed by atoms with Crippen LogP contribution in [0.15, 0.2) is 97.1 Å². The van der Waals surface area contributed by atoms with E-state index in [0.29, 0.717) is 13.2 Å². The van der Waals surface area contributed by atoms with Crippen molar-refractivity contribution in [1.29, 1.82) is 0 Å². The standard InChI is InChI=1S/C30H26O5/c1-9-25(31-17-29-19-33-29)10-2-21(1)23-5-13-27(14-6-23)35-28-15-7-24(8-16-28)22-3-11-26(12-4-22)32-18-30-20-34-30/h1-16,29-30H,17-20H2. The molecule has 0 amide bonds. The maximum absolute atomic E-state index is 6.06. The van der Waals surface area contributed by atoms with Crippen LogP contribution in [0, 0.1) is 0 Å². The van der Waals surface area contributed by atoms with Gasteiger partial charge in [0.15, 0.2) is 0 Å². The van der Waals surface area contributed by atoms with Crippen molar-refractivity contribution in [3.05, 3.63) is 97.1 Å². The Morgan fingerprint density at radius 2 is 0.743 bits per heavy atom. The molecule has 0 saturated carbocycles. The van der Waals surface area contributed by atoms with E-state index >= 15 is 0 Å². The Balaban J connectivity index is 1.05. The van der Waals surface area contributed by atoms with Crippen LogP contribution in [0.5, 0.6) is 23.0 Å². The third-order valence-corrected chi connectivity index (χ3v) is 6.00. The second-order valence-electron chi connectivity index (χ2n) is 8.73. The molecule has 0 spiro atoms. The van der Waals surface area contributed by atoms with Crippen molar-refractivity contribution < 1.29 is 23.7 Å². The average Bonchev–Trinajstić information content (AvgIpc) is 3.84. The second kappa shape index (κ2) is 9.82. The minimum Gasteiger partial charge on any atom is -0.491 e. The smallest absolute Gasteiger partial charge is 0.127 e. The summed E-state index contributed by atoms with van der Waals surface area (Å²) >= 11 is 0. The highest BCUT2D eigenvalue weighted by molar-refractivity contribution is 5.66. The van der Waals surface area contributed by atoms with E-state index in [9.17, 15) is 0 Å². The fourth-order valence-electron chi connectivity index (χ4n) is 3.76. The van der Waals surface area contributed by atoms with Gasteiger partial charge in [0, 0.05) is 0 Å². The number of hydrogen-bond donors (Lipinski definition) is 0. The Bertz CT molecular complexity index is 1140. The van der Waals surface area contributed by atoms with Crippen LogP contribution >= 0.6 is 0 Å². The van der Waals surface area contributed by atoms with Gasteiger partial charge in [-0.05, 0) is 70.8 Å². The van der Waals surface area contributed by atoms with Crippen molar-refractivity contribution in [2.45, 2.75) is 12.2 Å². The monoisotopic (exact) mass is 466 g/mol. The molecule has 2 fully saturated rings. The van der Waals surface area contributed by atoms with Gasteiger partial charge < -0.3 is 23.7 Å². The summed E-state index contributed by atoms with van der Waals surface area (Å²) in [5.74, 6) is 3.32. The summed E-state index contributed by atoms with van der Waals surface area (Å²) in [4.78, 5) is 0. The van der Waals surface area contributed by atoms with Crippen molar-refractivity contribution in [2.75, 3.05) is 26.4 Å². The molecule has 176 valence electrons. The van der Waals surface area contributed by atoms with Crippen molar-refractivity contribution in [1.82, 2.24) is 0 Å². The van der Waals surface area contributed by atoms with E-state index < -0.39 is 0 Å². The molecule has 0 bridgehead atoms. The highest BCUT2D eigenvalue weighted by Gasteiger charge is 2.23. The lowest BCUT2D eigenvalue weighted by atomic mass is 10.1. The first kappa shape index (κ1) is 21.7. The fraction of sp³-hybridized carbons (Fsp3) is 0.200. The van der Waals surface area contributed by atoms with E-state index in [1.807, 2.05) is 48.5 Å². The maximum atomic E-state index is 6.06. The van der Waals surface area contributed by atoms with E-state index in [1.165, 1.54) is 0 Å². The normalized spacial score (nSPS) is 18.1. The Morgan fingerprint density at radius 1 is 0.457 bits per heavy atom. The Kier molecular flexibility index (Phi) is 6.09. The molecule has 0 aliphatic carbocycles. The van der Waals surface area contributed by atoms with Gasteiger partial charge in [-0.25, -0.2) is 0 Å². The molecule has 4 aromatic carbocycles. The first-order chi connectivity index (χ1) is 17.3. The molecule has 2 aliphatic rings. The second-order valence-corrected chi connectivity index (χ2v) is 8.73. The molecule has 5 nitrogen and oxygen atoms in total. The topological polar surface area (TPSA) is 52.8 Å². The summed E-state index contributed by atoms with van der Waals surface area (Å²) in [6, 6.07) is 32.5. The van der Waals surface area contributed by atoms with Gasteiger partial charge >= 0.3 is 0 Å². The summed E-state index contributed by atoms with van der Waals surface area (Å²) in [6.07, 6.45) is 0.523. The van der Waals surface area contributed by atoms with Crippen molar-refractivity contribution in [2.24, 2.45) is 0 Å². The first-order valence-corrected chi connectivity index (χ1v) is 11.9. The SMILES string of the molecule is c1cc(-c2ccc(Oc3ccc(-c4ccc(OCC5CO5)cc4)cc3)cc2)ccc1OCC1CO1. The predicted octanol–water partition coefficient (Wildman–Crippen LogP) is 6.37. The summed E-state index contributed by atoms with van der Waals surface area (Å²) in [5.41, 5.74) is 4.52. The zero-order valence-electron chi connectivity index (χ0n) is 19.3. The molecule has 2 aliphatic heterocycles. The molecule has 4 aromatic rings. The molecular formula is C30H26O5. The number of benzene rings is 4. The minimum atomic E-state index is 0.262. The van der Waals surface area contributed by atoms with Gasteiger partial charge in [0.1, 0.15) is 48.4 Å². The Labute approximate surface area is 204 Å².